The molecule has 0 radical (unpaired) electrons. The molecule has 142 valence electrons. The maximum atomic E-state index is 12.7. The molecule has 2 atom stereocenters. The second-order valence-corrected chi connectivity index (χ2v) is 8.26. The van der Waals surface area contributed by atoms with Gasteiger partial charge in [-0.25, -0.2) is 0 Å². The third-order valence-corrected chi connectivity index (χ3v) is 6.48. The molecule has 2 saturated heterocycles. The molecule has 0 aromatic carbocycles. The number of nitrogens with zero attached hydrogens (tertiary/aromatic N) is 2. The van der Waals surface area contributed by atoms with Crippen LogP contribution in [0.25, 0.3) is 0 Å². The summed E-state index contributed by atoms with van der Waals surface area (Å²) in [6.45, 7) is 4.01. The molecule has 0 bridgehead atoms. The van der Waals surface area contributed by atoms with Gasteiger partial charge in [-0.05, 0) is 50.4 Å². The molecule has 2 heterocycles. The van der Waals surface area contributed by atoms with Gasteiger partial charge in [0.15, 0.2) is 0 Å². The fourth-order valence-electron chi connectivity index (χ4n) is 4.81. The molecule has 6 nitrogen and oxygen atoms in total. The smallest absolute Gasteiger partial charge is 0.225 e. The summed E-state index contributed by atoms with van der Waals surface area (Å²) in [4.78, 5) is 29.0. The quantitative estimate of drug-likeness (QED) is 0.759. The normalized spacial score (nSPS) is 29.4. The highest BCUT2D eigenvalue weighted by molar-refractivity contribution is 5.79. The van der Waals surface area contributed by atoms with Crippen molar-refractivity contribution in [2.24, 2.45) is 17.1 Å². The van der Waals surface area contributed by atoms with E-state index in [0.29, 0.717) is 18.9 Å². The summed E-state index contributed by atoms with van der Waals surface area (Å²) < 4.78 is 5.11. The largest absolute Gasteiger partial charge is 0.385 e. The van der Waals surface area contributed by atoms with Gasteiger partial charge in [0.2, 0.25) is 11.8 Å². The fraction of sp³-hybridized carbons (Fsp3) is 0.895. The molecule has 1 saturated carbocycles. The van der Waals surface area contributed by atoms with Crippen molar-refractivity contribution in [2.45, 2.75) is 57.4 Å². The Morgan fingerprint density at radius 1 is 1.28 bits per heavy atom. The first-order valence-corrected chi connectivity index (χ1v) is 9.84. The van der Waals surface area contributed by atoms with Crippen LogP contribution in [0.1, 0.15) is 51.4 Å². The Morgan fingerprint density at radius 2 is 2.04 bits per heavy atom. The molecule has 0 aromatic heterocycles. The zero-order chi connectivity index (χ0) is 17.9. The van der Waals surface area contributed by atoms with E-state index >= 15 is 0 Å². The van der Waals surface area contributed by atoms with E-state index in [1.807, 2.05) is 4.90 Å². The number of hydrogen-bond acceptors (Lipinski definition) is 4. The Balaban J connectivity index is 1.51. The van der Waals surface area contributed by atoms with E-state index in [1.165, 1.54) is 0 Å². The van der Waals surface area contributed by atoms with E-state index < -0.39 is 0 Å². The third-order valence-electron chi connectivity index (χ3n) is 6.48. The molecule has 0 unspecified atom stereocenters. The number of ether oxygens (including phenoxy) is 1. The van der Waals surface area contributed by atoms with Crippen molar-refractivity contribution in [3.8, 4) is 0 Å². The number of amides is 2. The van der Waals surface area contributed by atoms with Crippen LogP contribution in [-0.2, 0) is 14.3 Å². The van der Waals surface area contributed by atoms with Crippen molar-refractivity contribution in [1.29, 1.82) is 0 Å². The highest BCUT2D eigenvalue weighted by atomic mass is 16.5. The molecule has 6 heteroatoms. The number of carbonyl (C=O) groups excluding carboxylic acids is 2. The van der Waals surface area contributed by atoms with Gasteiger partial charge in [0.25, 0.3) is 0 Å². The Morgan fingerprint density at radius 3 is 2.68 bits per heavy atom. The van der Waals surface area contributed by atoms with Crippen molar-refractivity contribution in [2.75, 3.05) is 39.9 Å². The summed E-state index contributed by atoms with van der Waals surface area (Å²) in [6, 6.07) is 0.204. The van der Waals surface area contributed by atoms with Crippen molar-refractivity contribution in [1.82, 2.24) is 9.80 Å². The molecule has 1 aliphatic carbocycles. The predicted octanol–water partition coefficient (Wildman–Crippen LogP) is 1.38. The van der Waals surface area contributed by atoms with E-state index in [4.69, 9.17) is 10.5 Å². The minimum Gasteiger partial charge on any atom is -0.385 e. The number of hydrogen-bond donors (Lipinski definition) is 1. The average Bonchev–Trinajstić information content (AvgIpc) is 3.05. The topological polar surface area (TPSA) is 75.9 Å². The molecular formula is C19H33N3O3. The molecule has 3 fully saturated rings. The van der Waals surface area contributed by atoms with E-state index in [2.05, 4.69) is 4.90 Å². The monoisotopic (exact) mass is 351 g/mol. The summed E-state index contributed by atoms with van der Waals surface area (Å²) in [7, 11) is 1.70. The molecule has 3 aliphatic rings. The Bertz CT molecular complexity index is 488. The van der Waals surface area contributed by atoms with Gasteiger partial charge in [0.05, 0.1) is 0 Å². The number of methoxy groups -OCH3 is 1. The first-order chi connectivity index (χ1) is 12.0. The zero-order valence-corrected chi connectivity index (χ0v) is 15.5. The van der Waals surface area contributed by atoms with Gasteiger partial charge < -0.3 is 20.3 Å². The van der Waals surface area contributed by atoms with Crippen LogP contribution >= 0.6 is 0 Å². The van der Waals surface area contributed by atoms with E-state index in [1.54, 1.807) is 7.11 Å². The predicted molar refractivity (Wildman–Crippen MR) is 95.9 cm³/mol. The van der Waals surface area contributed by atoms with Gasteiger partial charge in [0.1, 0.15) is 0 Å². The second kappa shape index (κ2) is 8.04. The second-order valence-electron chi connectivity index (χ2n) is 8.26. The lowest BCUT2D eigenvalue weighted by atomic mass is 9.72. The maximum Gasteiger partial charge on any atom is 0.225 e. The van der Waals surface area contributed by atoms with Crippen LogP contribution in [0.4, 0.5) is 0 Å². The van der Waals surface area contributed by atoms with Crippen LogP contribution in [0.15, 0.2) is 0 Å². The van der Waals surface area contributed by atoms with E-state index in [-0.39, 0.29) is 23.3 Å². The van der Waals surface area contributed by atoms with Crippen molar-refractivity contribution < 1.29 is 14.3 Å². The van der Waals surface area contributed by atoms with Crippen LogP contribution in [-0.4, -0.2) is 67.6 Å². The Kier molecular flexibility index (Phi) is 6.00. The third kappa shape index (κ3) is 4.34. The van der Waals surface area contributed by atoms with Gasteiger partial charge in [-0.3, -0.25) is 9.59 Å². The molecule has 2 aliphatic heterocycles. The fourth-order valence-corrected chi connectivity index (χ4v) is 4.81. The number of piperidine rings is 2. The zero-order valence-electron chi connectivity index (χ0n) is 15.5. The summed E-state index contributed by atoms with van der Waals surface area (Å²) in [6.07, 6.45) is 7.34. The van der Waals surface area contributed by atoms with Crippen molar-refractivity contribution in [3.63, 3.8) is 0 Å². The summed E-state index contributed by atoms with van der Waals surface area (Å²) in [5, 5.41) is 0. The van der Waals surface area contributed by atoms with Gasteiger partial charge in [-0.2, -0.15) is 0 Å². The molecule has 2 N–H and O–H groups in total. The van der Waals surface area contributed by atoms with Gasteiger partial charge in [-0.15, -0.1) is 0 Å². The summed E-state index contributed by atoms with van der Waals surface area (Å²) in [5.41, 5.74) is 6.18. The van der Waals surface area contributed by atoms with Gasteiger partial charge >= 0.3 is 0 Å². The van der Waals surface area contributed by atoms with Gasteiger partial charge in [0, 0.05) is 58.3 Å². The lowest BCUT2D eigenvalue weighted by Crippen LogP contribution is -2.53. The number of nitrogens with two attached hydrogens (primary N) is 1. The van der Waals surface area contributed by atoms with Crippen molar-refractivity contribution >= 4 is 11.8 Å². The first-order valence-electron chi connectivity index (χ1n) is 9.84. The summed E-state index contributed by atoms with van der Waals surface area (Å²) in [5.74, 6) is 0.731. The number of likely N-dealkylation sites (tertiary alicyclic amines) is 2. The van der Waals surface area contributed by atoms with E-state index in [0.717, 1.165) is 71.1 Å². The van der Waals surface area contributed by atoms with Crippen molar-refractivity contribution in [3.05, 3.63) is 0 Å². The van der Waals surface area contributed by atoms with Crippen LogP contribution < -0.4 is 5.73 Å². The van der Waals surface area contributed by atoms with Crippen LogP contribution in [0.5, 0.6) is 0 Å². The van der Waals surface area contributed by atoms with E-state index in [9.17, 15) is 9.59 Å². The van der Waals surface area contributed by atoms with Crippen LogP contribution in [0.2, 0.25) is 0 Å². The van der Waals surface area contributed by atoms with Crippen LogP contribution in [0.3, 0.4) is 0 Å². The minimum absolute atomic E-state index is 0.141. The number of carbonyl (C=O) groups is 2. The molecule has 0 aromatic rings. The highest BCUT2D eigenvalue weighted by Gasteiger charge is 2.42. The lowest BCUT2D eigenvalue weighted by Gasteiger charge is -2.47. The highest BCUT2D eigenvalue weighted by Crippen LogP contribution is 2.41. The summed E-state index contributed by atoms with van der Waals surface area (Å²) >= 11 is 0. The molecule has 3 rings (SSSR count). The maximum absolute atomic E-state index is 12.7. The minimum atomic E-state index is 0.141. The molecule has 25 heavy (non-hydrogen) atoms. The average molecular weight is 351 g/mol. The lowest BCUT2D eigenvalue weighted by molar-refractivity contribution is -0.144. The molecule has 1 spiro atoms. The SMILES string of the molecule is COCCCN1CC2(CCC1=O)CCN(C(=O)[C@@H]1CC[C@H](N)C1)CC2. The molecular weight excluding hydrogens is 318 g/mol. The number of rotatable bonds is 5. The van der Waals surface area contributed by atoms with Gasteiger partial charge in [-0.1, -0.05) is 0 Å². The molecule has 2 amide bonds. The Labute approximate surface area is 151 Å². The van der Waals surface area contributed by atoms with Crippen LogP contribution in [0, 0.1) is 11.3 Å². The standard InChI is InChI=1S/C19H33N3O3/c1-25-12-2-9-22-14-19(6-5-17(22)23)7-10-21(11-8-19)18(24)15-3-4-16(20)13-15/h15-16H,2-14,20H2,1H3/t15-,16+/m1/s1. The Hall–Kier alpha value is -1.14. The first kappa shape index (κ1) is 18.6.